The van der Waals surface area contributed by atoms with Crippen LogP contribution in [0.5, 0.6) is 5.75 Å². The Morgan fingerprint density at radius 2 is 0.911 bits per heavy atom. The number of phenols is 1. The number of carboxylic acid groups (broad SMARTS) is 4. The van der Waals surface area contributed by atoms with Gasteiger partial charge >= 0.3 is 23.9 Å². The van der Waals surface area contributed by atoms with Crippen LogP contribution in [-0.4, -0.2) is 245 Å². The van der Waals surface area contributed by atoms with Gasteiger partial charge < -0.3 is 111 Å². The van der Waals surface area contributed by atoms with Crippen molar-refractivity contribution in [1.82, 2.24) is 57.7 Å². The molecule has 0 spiro atoms. The number of benzene rings is 2. The normalized spacial score (nSPS) is 17.8. The van der Waals surface area contributed by atoms with Crippen LogP contribution in [-0.2, 0) is 89.6 Å². The number of carbonyl (C=O) groups is 16. The topological polar surface area (TPSA) is 608 Å². The zero-order valence-corrected chi connectivity index (χ0v) is 56.2. The van der Waals surface area contributed by atoms with E-state index in [-0.39, 0.29) is 70.3 Å². The van der Waals surface area contributed by atoms with Gasteiger partial charge in [0, 0.05) is 32.4 Å². The van der Waals surface area contributed by atoms with Crippen LogP contribution in [0.1, 0.15) is 116 Å². The summed E-state index contributed by atoms with van der Waals surface area (Å²) in [6, 6.07) is -6.60. The van der Waals surface area contributed by atoms with Gasteiger partial charge in [0.25, 0.3) is 0 Å². The average molecular weight is 1430 g/mol. The van der Waals surface area contributed by atoms with E-state index in [2.05, 4.69) is 42.5 Å². The fraction of sp³-hybridized carbons (Fsp3) is 0.562. The Bertz CT molecular complexity index is 3300. The summed E-state index contributed by atoms with van der Waals surface area (Å²) >= 11 is 0. The first-order valence-electron chi connectivity index (χ1n) is 32.7. The van der Waals surface area contributed by atoms with Gasteiger partial charge in [-0.3, -0.25) is 71.9 Å². The number of aromatic hydroxyl groups is 1. The molecule has 0 unspecified atom stereocenters. The smallest absolute Gasteiger partial charge is 0.326 e. The molecule has 556 valence electrons. The molecule has 37 nitrogen and oxygen atoms in total. The number of aliphatic hydroxyl groups is 2. The number of phenolic OH excluding ortho intramolecular Hbond substituents is 1. The van der Waals surface area contributed by atoms with Gasteiger partial charge in [0.15, 0.2) is 0 Å². The lowest BCUT2D eigenvalue weighted by molar-refractivity contribution is -0.150. The van der Waals surface area contributed by atoms with Crippen molar-refractivity contribution in [2.75, 3.05) is 19.6 Å². The highest BCUT2D eigenvalue weighted by Crippen LogP contribution is 2.23. The van der Waals surface area contributed by atoms with Gasteiger partial charge in [-0.1, -0.05) is 56.3 Å². The molecule has 2 saturated heterocycles. The Labute approximate surface area is 579 Å². The van der Waals surface area contributed by atoms with E-state index in [0.717, 1.165) is 16.7 Å². The lowest BCUT2D eigenvalue weighted by atomic mass is 10.0. The molecule has 2 heterocycles. The number of aliphatic carboxylic acids is 4. The molecule has 0 saturated carbocycles. The summed E-state index contributed by atoms with van der Waals surface area (Å²) in [6.07, 6.45) is -7.43. The van der Waals surface area contributed by atoms with Crippen molar-refractivity contribution in [2.24, 2.45) is 23.1 Å². The molecular weight excluding hydrogens is 1330 g/mol. The Morgan fingerprint density at radius 3 is 1.45 bits per heavy atom. The Morgan fingerprint density at radius 1 is 0.475 bits per heavy atom. The fourth-order valence-electron chi connectivity index (χ4n) is 11.2. The standard InChI is InChI=1S/C64H92N14O23/c1-31(2)50(74-59(95)43(30-49(87)88)71-54(90)39(21-22-47(83)84)69-57(93)42(29-46(67)82)70-53(89)37(66)28-48(85)86)62(98)77-24-10-15-44(77)60(96)72-41(27-35-17-19-36(81)20-18-35)58(94)75-51(32(3)79)61(97)73-40(26-34-12-6-5-7-13-34)56(92)68-38(14-8-9-23-65)55(91)76-52(33(4)80)63(99)78-25-11-16-45(78)64(100)101/h5-7,12-13,17-20,31-33,37-45,50-52,79-81H,8-11,14-16,21-30,65-66H2,1-4H3,(H2,67,82)(H,68,92)(H,69,93)(H,70,89)(H,71,90)(H,72,96)(H,73,97)(H,74,95)(H,75,94)(H,76,91)(H,83,84)(H,85,86)(H,87,88)(H,100,101)/t32-,33-,37+,38+,39+,40+,41+,42+,43+,44-,45+,50+,51+,52+/m1/s1. The van der Waals surface area contributed by atoms with Crippen molar-refractivity contribution in [3.8, 4) is 5.75 Å². The van der Waals surface area contributed by atoms with Gasteiger partial charge in [-0.15, -0.1) is 0 Å². The first-order valence-corrected chi connectivity index (χ1v) is 32.7. The van der Waals surface area contributed by atoms with E-state index >= 15 is 0 Å². The number of primary amides is 1. The van der Waals surface area contributed by atoms with Gasteiger partial charge in [0.2, 0.25) is 70.9 Å². The minimum absolute atomic E-state index is 0.0341. The second-order valence-electron chi connectivity index (χ2n) is 25.0. The summed E-state index contributed by atoms with van der Waals surface area (Å²) in [7, 11) is 0. The van der Waals surface area contributed by atoms with Gasteiger partial charge in [-0.25, -0.2) is 4.79 Å². The third-order valence-corrected chi connectivity index (χ3v) is 16.6. The summed E-state index contributed by atoms with van der Waals surface area (Å²) in [4.78, 5) is 216. The molecule has 2 aliphatic rings. The molecule has 2 aromatic carbocycles. The van der Waals surface area contributed by atoms with Crippen LogP contribution in [0, 0.1) is 5.92 Å². The van der Waals surface area contributed by atoms with Crippen LogP contribution >= 0.6 is 0 Å². The summed E-state index contributed by atoms with van der Waals surface area (Å²) in [5.74, 6) is -20.4. The van der Waals surface area contributed by atoms with E-state index < -0.39 is 217 Å². The van der Waals surface area contributed by atoms with Crippen molar-refractivity contribution in [1.29, 1.82) is 0 Å². The number of aliphatic hydroxyl groups excluding tert-OH is 2. The van der Waals surface area contributed by atoms with Gasteiger partial charge in [0.1, 0.15) is 72.2 Å². The van der Waals surface area contributed by atoms with Crippen LogP contribution in [0.3, 0.4) is 0 Å². The second-order valence-corrected chi connectivity index (χ2v) is 25.0. The zero-order valence-electron chi connectivity index (χ0n) is 56.2. The number of likely N-dealkylation sites (tertiary alicyclic amines) is 2. The van der Waals surface area contributed by atoms with E-state index in [0.29, 0.717) is 24.0 Å². The number of unbranched alkanes of at least 4 members (excludes halogenated alkanes) is 1. The average Bonchev–Trinajstić information content (AvgIpc) is 1.76. The quantitative estimate of drug-likeness (QED) is 0.0276. The largest absolute Gasteiger partial charge is 0.508 e. The number of nitrogens with one attached hydrogen (secondary N) is 9. The van der Waals surface area contributed by atoms with E-state index in [4.69, 9.17) is 22.3 Å². The van der Waals surface area contributed by atoms with Crippen LogP contribution < -0.4 is 65.1 Å². The molecule has 0 aromatic heterocycles. The van der Waals surface area contributed by atoms with Crippen LogP contribution in [0.4, 0.5) is 0 Å². The maximum Gasteiger partial charge on any atom is 0.326 e. The minimum atomic E-state index is -2.08. The number of carbonyl (C=O) groups excluding carboxylic acids is 12. The number of hydrogen-bond acceptors (Lipinski definition) is 21. The number of nitrogens with zero attached hydrogens (tertiary/aromatic N) is 2. The van der Waals surface area contributed by atoms with Crippen molar-refractivity contribution >= 4 is 94.8 Å². The molecule has 12 amide bonds. The molecular formula is C64H92N14O23. The highest BCUT2D eigenvalue weighted by Gasteiger charge is 2.44. The molecule has 0 bridgehead atoms. The molecule has 101 heavy (non-hydrogen) atoms. The molecule has 37 heteroatoms. The SMILES string of the molecule is CC(C)[C@H](NC(=O)[C@H](CC(=O)O)NC(=O)[C@H](CCC(=O)O)NC(=O)[C@H](CC(N)=O)NC(=O)[C@@H](N)CC(=O)O)C(=O)N1CCC[C@@H]1C(=O)N[C@@H](Cc1ccc(O)cc1)C(=O)N[C@H](C(=O)N[C@@H](Cc1ccccc1)C(=O)N[C@@H](CCCCN)C(=O)N[C@H](C(=O)N1CCC[C@H]1C(=O)O)[C@@H](C)O)[C@@H](C)O. The molecule has 0 radical (unpaired) electrons. The van der Waals surface area contributed by atoms with Crippen molar-refractivity contribution in [3.05, 3.63) is 65.7 Å². The summed E-state index contributed by atoms with van der Waals surface area (Å²) < 4.78 is 0. The lowest BCUT2D eigenvalue weighted by Crippen LogP contribution is -2.63. The van der Waals surface area contributed by atoms with Crippen LogP contribution in [0.25, 0.3) is 0 Å². The molecule has 2 aliphatic heterocycles. The summed E-state index contributed by atoms with van der Waals surface area (Å²) in [5, 5.41) is 91.5. The molecule has 2 aromatic rings. The first kappa shape index (κ1) is 83.0. The first-order chi connectivity index (χ1) is 47.5. The van der Waals surface area contributed by atoms with Crippen molar-refractivity contribution in [3.63, 3.8) is 0 Å². The van der Waals surface area contributed by atoms with Gasteiger partial charge in [0.05, 0.1) is 37.5 Å². The Balaban J connectivity index is 1.60. The highest BCUT2D eigenvalue weighted by molar-refractivity contribution is 6.01. The van der Waals surface area contributed by atoms with Gasteiger partial charge in [-0.05, 0) is 101 Å². The number of hydrogen-bond donors (Lipinski definition) is 19. The third-order valence-electron chi connectivity index (χ3n) is 16.6. The Kier molecular flexibility index (Phi) is 32.9. The zero-order chi connectivity index (χ0) is 75.5. The summed E-state index contributed by atoms with van der Waals surface area (Å²) in [6.45, 7) is 5.36. The molecule has 0 aliphatic carbocycles. The highest BCUT2D eigenvalue weighted by atomic mass is 16.4. The van der Waals surface area contributed by atoms with Crippen molar-refractivity contribution < 1.29 is 112 Å². The van der Waals surface area contributed by atoms with E-state index in [9.17, 15) is 107 Å². The molecule has 2 fully saturated rings. The maximum atomic E-state index is 14.7. The molecule has 22 N–H and O–H groups in total. The minimum Gasteiger partial charge on any atom is -0.508 e. The van der Waals surface area contributed by atoms with E-state index in [1.807, 2.05) is 5.32 Å². The predicted molar refractivity (Wildman–Crippen MR) is 351 cm³/mol. The predicted octanol–water partition coefficient (Wildman–Crippen LogP) is -5.83. The van der Waals surface area contributed by atoms with E-state index in [1.54, 1.807) is 30.3 Å². The van der Waals surface area contributed by atoms with Crippen molar-refractivity contribution in [2.45, 2.75) is 202 Å². The number of nitrogens with two attached hydrogens (primary N) is 3. The molecule has 14 atom stereocenters. The third kappa shape index (κ3) is 26.3. The number of amides is 12. The fourth-order valence-corrected chi connectivity index (χ4v) is 11.2. The lowest BCUT2D eigenvalue weighted by Gasteiger charge is -2.32. The van der Waals surface area contributed by atoms with Crippen LogP contribution in [0.15, 0.2) is 54.6 Å². The molecule has 4 rings (SSSR count). The monoisotopic (exact) mass is 1420 g/mol. The number of rotatable bonds is 41. The summed E-state index contributed by atoms with van der Waals surface area (Å²) in [5.41, 5.74) is 17.4. The van der Waals surface area contributed by atoms with Crippen LogP contribution in [0.2, 0.25) is 0 Å². The van der Waals surface area contributed by atoms with E-state index in [1.165, 1.54) is 45.0 Å². The maximum absolute atomic E-state index is 14.7. The number of carboxylic acids is 4. The van der Waals surface area contributed by atoms with Gasteiger partial charge in [-0.2, -0.15) is 0 Å². The Hall–Kier alpha value is -10.4. The second kappa shape index (κ2) is 40.0.